The molecule has 0 atom stereocenters. The fourth-order valence-corrected chi connectivity index (χ4v) is 3.15. The number of nitriles is 1. The topological polar surface area (TPSA) is 132 Å². The van der Waals surface area contributed by atoms with Gasteiger partial charge in [-0.25, -0.2) is 4.79 Å². The zero-order chi connectivity index (χ0) is 20.7. The Morgan fingerprint density at radius 1 is 1.21 bits per heavy atom. The molecule has 144 valence electrons. The first-order chi connectivity index (χ1) is 13.9. The molecule has 0 aliphatic heterocycles. The Morgan fingerprint density at radius 2 is 1.83 bits per heavy atom. The Bertz CT molecular complexity index is 1280. The molecule has 3 N–H and O–H groups in total. The van der Waals surface area contributed by atoms with Crippen LogP contribution in [0.2, 0.25) is 0 Å². The maximum Gasteiger partial charge on any atom is 0.357 e. The van der Waals surface area contributed by atoms with Crippen molar-refractivity contribution in [3.05, 3.63) is 59.4 Å². The molecular formula is C20H16N6O3. The first-order valence-electron chi connectivity index (χ1n) is 8.60. The normalized spacial score (nSPS) is 10.8. The number of aromatic nitrogens is 4. The number of phenols is 1. The number of carbonyl (C=O) groups is 1. The van der Waals surface area contributed by atoms with Crippen LogP contribution in [-0.4, -0.2) is 37.7 Å². The van der Waals surface area contributed by atoms with Gasteiger partial charge in [0.1, 0.15) is 22.8 Å². The van der Waals surface area contributed by atoms with Gasteiger partial charge >= 0.3 is 5.97 Å². The molecule has 2 aromatic heterocycles. The predicted octanol–water partition coefficient (Wildman–Crippen LogP) is 2.47. The highest BCUT2D eigenvalue weighted by atomic mass is 16.5. The van der Waals surface area contributed by atoms with Crippen LogP contribution in [0.3, 0.4) is 0 Å². The molecule has 4 aromatic rings. The summed E-state index contributed by atoms with van der Waals surface area (Å²) in [7, 11) is 1.21. The molecule has 0 fully saturated rings. The Balaban J connectivity index is 1.98. The number of methoxy groups -OCH3 is 1. The maximum atomic E-state index is 12.3. The molecule has 0 saturated carbocycles. The Hall–Kier alpha value is -4.32. The van der Waals surface area contributed by atoms with Crippen molar-refractivity contribution >= 4 is 22.7 Å². The van der Waals surface area contributed by atoms with Gasteiger partial charge in [-0.3, -0.25) is 0 Å². The minimum atomic E-state index is -0.727. The van der Waals surface area contributed by atoms with Crippen molar-refractivity contribution in [2.75, 3.05) is 12.8 Å². The standard InChI is InChI=1S/C20H16N6O3/c1-11-7-15(25-10-12(9-21)17(22)18(25)20(28)29-2)19(27)16(8-11)26-23-13-5-3-4-6-14(13)24-26/h3-8,10,27H,22H2,1-2H3. The molecule has 2 aromatic carbocycles. The Morgan fingerprint density at radius 3 is 2.41 bits per heavy atom. The average molecular weight is 388 g/mol. The molecule has 4 rings (SSSR count). The smallest absolute Gasteiger partial charge is 0.357 e. The number of anilines is 1. The van der Waals surface area contributed by atoms with Crippen molar-refractivity contribution in [3.63, 3.8) is 0 Å². The summed E-state index contributed by atoms with van der Waals surface area (Å²) in [5, 5.41) is 29.1. The fourth-order valence-electron chi connectivity index (χ4n) is 3.15. The summed E-state index contributed by atoms with van der Waals surface area (Å²) in [5.74, 6) is -0.907. The number of nitrogens with zero attached hydrogens (tertiary/aromatic N) is 5. The molecular weight excluding hydrogens is 372 g/mol. The highest BCUT2D eigenvalue weighted by Gasteiger charge is 2.24. The monoisotopic (exact) mass is 388 g/mol. The third-order valence-corrected chi connectivity index (χ3v) is 4.52. The number of esters is 1. The van der Waals surface area contributed by atoms with E-state index in [0.29, 0.717) is 16.7 Å². The van der Waals surface area contributed by atoms with Gasteiger partial charge in [-0.1, -0.05) is 12.1 Å². The third-order valence-electron chi connectivity index (χ3n) is 4.52. The lowest BCUT2D eigenvalue weighted by molar-refractivity contribution is 0.0593. The van der Waals surface area contributed by atoms with E-state index in [2.05, 4.69) is 10.2 Å². The van der Waals surface area contributed by atoms with E-state index in [1.807, 2.05) is 37.3 Å². The molecule has 29 heavy (non-hydrogen) atoms. The second-order valence-corrected chi connectivity index (χ2v) is 6.41. The zero-order valence-corrected chi connectivity index (χ0v) is 15.6. The van der Waals surface area contributed by atoms with Crippen LogP contribution < -0.4 is 5.73 Å². The summed E-state index contributed by atoms with van der Waals surface area (Å²) in [5.41, 5.74) is 8.66. The number of nitrogens with two attached hydrogens (primary N) is 1. The van der Waals surface area contributed by atoms with E-state index >= 15 is 0 Å². The lowest BCUT2D eigenvalue weighted by Gasteiger charge is -2.14. The van der Waals surface area contributed by atoms with Crippen LogP contribution in [0.5, 0.6) is 5.75 Å². The molecule has 0 radical (unpaired) electrons. The summed E-state index contributed by atoms with van der Waals surface area (Å²) in [6, 6.07) is 12.6. The van der Waals surface area contributed by atoms with Gasteiger partial charge in [0.15, 0.2) is 11.4 Å². The van der Waals surface area contributed by atoms with Gasteiger partial charge in [0.2, 0.25) is 0 Å². The lowest BCUT2D eigenvalue weighted by atomic mass is 10.1. The number of hydrogen-bond acceptors (Lipinski definition) is 7. The van der Waals surface area contributed by atoms with Gasteiger partial charge in [0.05, 0.1) is 24.0 Å². The lowest BCUT2D eigenvalue weighted by Crippen LogP contribution is -2.12. The zero-order valence-electron chi connectivity index (χ0n) is 15.6. The summed E-state index contributed by atoms with van der Waals surface area (Å²) >= 11 is 0. The second-order valence-electron chi connectivity index (χ2n) is 6.41. The number of phenolic OH excluding ortho intramolecular Hbond substituents is 1. The SMILES string of the molecule is COC(=O)c1c(N)c(C#N)cn1-c1cc(C)cc(-n2nc3ccccc3n2)c1O. The van der Waals surface area contributed by atoms with Crippen molar-refractivity contribution in [2.45, 2.75) is 6.92 Å². The van der Waals surface area contributed by atoms with E-state index < -0.39 is 5.97 Å². The first kappa shape index (κ1) is 18.1. The van der Waals surface area contributed by atoms with E-state index in [0.717, 1.165) is 5.56 Å². The summed E-state index contributed by atoms with van der Waals surface area (Å²) in [4.78, 5) is 13.6. The molecule has 0 saturated heterocycles. The van der Waals surface area contributed by atoms with Crippen LogP contribution in [0.1, 0.15) is 21.6 Å². The molecule has 0 aliphatic carbocycles. The number of carbonyl (C=O) groups excluding carboxylic acids is 1. The minimum Gasteiger partial charge on any atom is -0.504 e. The van der Waals surface area contributed by atoms with Gasteiger partial charge in [0.25, 0.3) is 0 Å². The van der Waals surface area contributed by atoms with Crippen molar-refractivity contribution in [1.29, 1.82) is 5.26 Å². The van der Waals surface area contributed by atoms with Gasteiger partial charge in [0, 0.05) is 6.20 Å². The number of aryl methyl sites for hydroxylation is 1. The third kappa shape index (κ3) is 2.83. The quantitative estimate of drug-likeness (QED) is 0.515. The van der Waals surface area contributed by atoms with Crippen molar-refractivity contribution in [2.24, 2.45) is 0 Å². The maximum absolute atomic E-state index is 12.3. The number of rotatable bonds is 3. The molecule has 2 heterocycles. The molecule has 0 bridgehead atoms. The van der Waals surface area contributed by atoms with Crippen molar-refractivity contribution in [3.8, 4) is 23.2 Å². The van der Waals surface area contributed by atoms with E-state index in [1.165, 1.54) is 22.7 Å². The van der Waals surface area contributed by atoms with Crippen LogP contribution in [0.25, 0.3) is 22.4 Å². The highest BCUT2D eigenvalue weighted by Crippen LogP contribution is 2.34. The van der Waals surface area contributed by atoms with E-state index in [-0.39, 0.29) is 28.4 Å². The van der Waals surface area contributed by atoms with Gasteiger partial charge < -0.3 is 20.1 Å². The van der Waals surface area contributed by atoms with Gasteiger partial charge in [-0.2, -0.15) is 5.26 Å². The summed E-state index contributed by atoms with van der Waals surface area (Å²) in [6.07, 6.45) is 1.38. The first-order valence-corrected chi connectivity index (χ1v) is 8.60. The van der Waals surface area contributed by atoms with E-state index in [1.54, 1.807) is 12.1 Å². The number of aromatic hydroxyl groups is 1. The Kier molecular flexibility index (Phi) is 4.16. The van der Waals surface area contributed by atoms with Crippen LogP contribution in [-0.2, 0) is 4.74 Å². The van der Waals surface area contributed by atoms with Crippen molar-refractivity contribution < 1.29 is 14.6 Å². The molecule has 9 heteroatoms. The van der Waals surface area contributed by atoms with Crippen LogP contribution in [0.15, 0.2) is 42.6 Å². The predicted molar refractivity (Wildman–Crippen MR) is 105 cm³/mol. The fraction of sp³-hybridized carbons (Fsp3) is 0.100. The molecule has 0 aliphatic rings. The number of benzene rings is 2. The summed E-state index contributed by atoms with van der Waals surface area (Å²) < 4.78 is 6.14. The van der Waals surface area contributed by atoms with Gasteiger partial charge in [-0.15, -0.1) is 15.0 Å². The second kappa shape index (κ2) is 6.69. The van der Waals surface area contributed by atoms with Crippen LogP contribution in [0.4, 0.5) is 5.69 Å². The number of ether oxygens (including phenoxy) is 1. The number of fused-ring (bicyclic) bond motifs is 1. The molecule has 0 spiro atoms. The average Bonchev–Trinajstić information content (AvgIpc) is 3.29. The minimum absolute atomic E-state index is 0.0234. The Labute approximate surface area is 165 Å². The van der Waals surface area contributed by atoms with Gasteiger partial charge in [-0.05, 0) is 36.8 Å². The largest absolute Gasteiger partial charge is 0.504 e. The molecule has 0 amide bonds. The van der Waals surface area contributed by atoms with Crippen LogP contribution >= 0.6 is 0 Å². The summed E-state index contributed by atoms with van der Waals surface area (Å²) in [6.45, 7) is 1.82. The van der Waals surface area contributed by atoms with Crippen LogP contribution in [0, 0.1) is 18.3 Å². The van der Waals surface area contributed by atoms with E-state index in [4.69, 9.17) is 10.5 Å². The highest BCUT2D eigenvalue weighted by molar-refractivity contribution is 5.96. The number of nitrogen functional groups attached to an aromatic ring is 1. The van der Waals surface area contributed by atoms with E-state index in [9.17, 15) is 15.2 Å². The van der Waals surface area contributed by atoms with Crippen molar-refractivity contribution in [1.82, 2.24) is 19.6 Å². The number of hydrogen-bond donors (Lipinski definition) is 2. The molecule has 0 unspecified atom stereocenters. The molecule has 9 nitrogen and oxygen atoms in total.